The fourth-order valence-corrected chi connectivity index (χ4v) is 2.33. The first-order valence-electron chi connectivity index (χ1n) is 8.39. The van der Waals surface area contributed by atoms with E-state index in [9.17, 15) is 22.8 Å². The molecule has 0 heterocycles. The molecule has 3 N–H and O–H groups in total. The molecule has 1 unspecified atom stereocenters. The summed E-state index contributed by atoms with van der Waals surface area (Å²) in [6.45, 7) is 3.41. The highest BCUT2D eigenvalue weighted by molar-refractivity contribution is 5.97. The van der Waals surface area contributed by atoms with E-state index in [4.69, 9.17) is 4.74 Å². The molecular formula is C19H20F3N3O3. The van der Waals surface area contributed by atoms with Crippen molar-refractivity contribution in [2.24, 2.45) is 5.92 Å². The van der Waals surface area contributed by atoms with Gasteiger partial charge in [0, 0.05) is 5.56 Å². The molecule has 0 saturated carbocycles. The topological polar surface area (TPSA) is 79.5 Å². The molecule has 2 aromatic carbocycles. The molecule has 0 aromatic heterocycles. The van der Waals surface area contributed by atoms with Crippen molar-refractivity contribution in [3.63, 3.8) is 0 Å². The number of rotatable bonds is 7. The van der Waals surface area contributed by atoms with Crippen molar-refractivity contribution in [3.05, 3.63) is 59.4 Å². The van der Waals surface area contributed by atoms with Crippen LogP contribution in [0.4, 0.5) is 18.9 Å². The van der Waals surface area contributed by atoms with Gasteiger partial charge in [-0.3, -0.25) is 20.4 Å². The number of anilines is 1. The van der Waals surface area contributed by atoms with Gasteiger partial charge in [0.1, 0.15) is 11.8 Å². The van der Waals surface area contributed by atoms with Crippen LogP contribution in [0, 0.1) is 23.4 Å². The monoisotopic (exact) mass is 395 g/mol. The van der Waals surface area contributed by atoms with E-state index in [1.165, 1.54) is 7.11 Å². The highest BCUT2D eigenvalue weighted by Gasteiger charge is 2.25. The summed E-state index contributed by atoms with van der Waals surface area (Å²) >= 11 is 0. The van der Waals surface area contributed by atoms with Gasteiger partial charge in [-0.05, 0) is 42.3 Å². The summed E-state index contributed by atoms with van der Waals surface area (Å²) in [5, 5.41) is 2.58. The van der Waals surface area contributed by atoms with Crippen molar-refractivity contribution in [1.82, 2.24) is 10.7 Å². The molecule has 0 fully saturated rings. The van der Waals surface area contributed by atoms with Gasteiger partial charge >= 0.3 is 0 Å². The first kappa shape index (κ1) is 21.1. The average Bonchev–Trinajstić information content (AvgIpc) is 2.69. The summed E-state index contributed by atoms with van der Waals surface area (Å²) < 4.78 is 44.9. The van der Waals surface area contributed by atoms with Gasteiger partial charge in [-0.2, -0.15) is 0 Å². The summed E-state index contributed by atoms with van der Waals surface area (Å²) in [6, 6.07) is 6.98. The molecule has 0 radical (unpaired) electrons. The Bertz CT molecular complexity index is 857. The lowest BCUT2D eigenvalue weighted by molar-refractivity contribution is -0.123. The van der Waals surface area contributed by atoms with Gasteiger partial charge < -0.3 is 10.1 Å². The van der Waals surface area contributed by atoms with E-state index in [0.29, 0.717) is 11.3 Å². The number of carbonyl (C=O) groups is 2. The number of benzene rings is 2. The van der Waals surface area contributed by atoms with E-state index in [-0.39, 0.29) is 5.92 Å². The molecule has 9 heteroatoms. The molecule has 0 spiro atoms. The summed E-state index contributed by atoms with van der Waals surface area (Å²) in [4.78, 5) is 24.8. The summed E-state index contributed by atoms with van der Waals surface area (Å²) in [6.07, 6.45) is 0. The molecule has 0 bridgehead atoms. The molecule has 2 rings (SSSR count). The van der Waals surface area contributed by atoms with Crippen molar-refractivity contribution in [3.8, 4) is 5.75 Å². The quantitative estimate of drug-likeness (QED) is 0.497. The third-order valence-corrected chi connectivity index (χ3v) is 3.94. The molecule has 6 nitrogen and oxygen atoms in total. The minimum absolute atomic E-state index is 0.307. The number of ether oxygens (including phenoxy) is 1. The SMILES string of the molecule is COc1ccc(C(=O)NC(C(=O)NNc2ccc(F)c(F)c2F)C(C)C)cc1. The van der Waals surface area contributed by atoms with Crippen molar-refractivity contribution in [1.29, 1.82) is 0 Å². The second-order valence-corrected chi connectivity index (χ2v) is 6.26. The van der Waals surface area contributed by atoms with Crippen LogP contribution in [-0.4, -0.2) is 25.0 Å². The van der Waals surface area contributed by atoms with Crippen LogP contribution in [-0.2, 0) is 4.79 Å². The van der Waals surface area contributed by atoms with Gasteiger partial charge in [0.25, 0.3) is 11.8 Å². The molecule has 0 aliphatic carbocycles. The number of hydrazine groups is 1. The van der Waals surface area contributed by atoms with Crippen molar-refractivity contribution in [2.45, 2.75) is 19.9 Å². The molecule has 0 saturated heterocycles. The highest BCUT2D eigenvalue weighted by atomic mass is 19.2. The Morgan fingerprint density at radius 1 is 0.964 bits per heavy atom. The van der Waals surface area contributed by atoms with Crippen molar-refractivity contribution >= 4 is 17.5 Å². The molecule has 2 aromatic rings. The van der Waals surface area contributed by atoms with Gasteiger partial charge in [-0.25, -0.2) is 13.2 Å². The van der Waals surface area contributed by atoms with Crippen LogP contribution in [0.1, 0.15) is 24.2 Å². The lowest BCUT2D eigenvalue weighted by Gasteiger charge is -2.22. The van der Waals surface area contributed by atoms with E-state index >= 15 is 0 Å². The Morgan fingerprint density at radius 2 is 1.61 bits per heavy atom. The maximum absolute atomic E-state index is 13.7. The predicted octanol–water partition coefficient (Wildman–Crippen LogP) is 3.01. The van der Waals surface area contributed by atoms with E-state index in [1.54, 1.807) is 38.1 Å². The van der Waals surface area contributed by atoms with E-state index in [0.717, 1.165) is 12.1 Å². The molecule has 0 aliphatic rings. The number of hydrogen-bond donors (Lipinski definition) is 3. The molecule has 150 valence electrons. The predicted molar refractivity (Wildman–Crippen MR) is 97.2 cm³/mol. The Hall–Kier alpha value is -3.23. The maximum Gasteiger partial charge on any atom is 0.261 e. The normalized spacial score (nSPS) is 11.7. The van der Waals surface area contributed by atoms with Gasteiger partial charge in [-0.15, -0.1) is 0 Å². The minimum Gasteiger partial charge on any atom is -0.497 e. The summed E-state index contributed by atoms with van der Waals surface area (Å²) in [5.41, 5.74) is 4.26. The van der Waals surface area contributed by atoms with Crippen LogP contribution in [0.5, 0.6) is 5.75 Å². The van der Waals surface area contributed by atoms with E-state index < -0.39 is 41.0 Å². The number of methoxy groups -OCH3 is 1. The Morgan fingerprint density at radius 3 is 2.18 bits per heavy atom. The molecule has 1 atom stereocenters. The zero-order chi connectivity index (χ0) is 20.8. The number of hydrogen-bond acceptors (Lipinski definition) is 4. The first-order valence-corrected chi connectivity index (χ1v) is 8.39. The Balaban J connectivity index is 2.05. The van der Waals surface area contributed by atoms with Gasteiger partial charge in [-0.1, -0.05) is 13.8 Å². The van der Waals surface area contributed by atoms with Crippen LogP contribution < -0.4 is 20.9 Å². The third-order valence-electron chi connectivity index (χ3n) is 3.94. The summed E-state index contributed by atoms with van der Waals surface area (Å²) in [7, 11) is 1.50. The van der Waals surface area contributed by atoms with Gasteiger partial charge in [0.05, 0.1) is 12.8 Å². The Kier molecular flexibility index (Phi) is 6.86. The third kappa shape index (κ3) is 4.93. The average molecular weight is 395 g/mol. The van der Waals surface area contributed by atoms with Crippen LogP contribution in [0.15, 0.2) is 36.4 Å². The van der Waals surface area contributed by atoms with Crippen molar-refractivity contribution < 1.29 is 27.5 Å². The zero-order valence-corrected chi connectivity index (χ0v) is 15.5. The smallest absolute Gasteiger partial charge is 0.261 e. The number of carbonyl (C=O) groups excluding carboxylic acids is 2. The lowest BCUT2D eigenvalue weighted by Crippen LogP contribution is -2.51. The summed E-state index contributed by atoms with van der Waals surface area (Å²) in [5.74, 6) is -5.37. The largest absolute Gasteiger partial charge is 0.497 e. The van der Waals surface area contributed by atoms with Crippen LogP contribution >= 0.6 is 0 Å². The first-order chi connectivity index (χ1) is 13.2. The van der Waals surface area contributed by atoms with E-state index in [2.05, 4.69) is 16.2 Å². The van der Waals surface area contributed by atoms with Crippen molar-refractivity contribution in [2.75, 3.05) is 12.5 Å². The van der Waals surface area contributed by atoms with Crippen LogP contribution in [0.3, 0.4) is 0 Å². The fraction of sp³-hybridized carbons (Fsp3) is 0.263. The lowest BCUT2D eigenvalue weighted by atomic mass is 10.0. The second-order valence-electron chi connectivity index (χ2n) is 6.26. The standard InChI is InChI=1S/C19H20F3N3O3/c1-10(2)17(23-18(26)11-4-6-12(28-3)7-5-11)19(27)25-24-14-9-8-13(20)15(21)16(14)22/h4-10,17,24H,1-3H3,(H,23,26)(H,25,27). The molecule has 2 amide bonds. The zero-order valence-electron chi connectivity index (χ0n) is 15.5. The molecular weight excluding hydrogens is 375 g/mol. The van der Waals surface area contributed by atoms with Crippen LogP contribution in [0.25, 0.3) is 0 Å². The minimum atomic E-state index is -1.66. The fourth-order valence-electron chi connectivity index (χ4n) is 2.33. The van der Waals surface area contributed by atoms with Crippen LogP contribution in [0.2, 0.25) is 0 Å². The molecule has 0 aliphatic heterocycles. The highest BCUT2D eigenvalue weighted by Crippen LogP contribution is 2.19. The Labute approximate surface area is 160 Å². The second kappa shape index (κ2) is 9.12. The van der Waals surface area contributed by atoms with Gasteiger partial charge in [0.2, 0.25) is 0 Å². The maximum atomic E-state index is 13.7. The number of amides is 2. The van der Waals surface area contributed by atoms with E-state index in [1.807, 2.05) is 0 Å². The number of halogens is 3. The molecule has 28 heavy (non-hydrogen) atoms. The van der Waals surface area contributed by atoms with Gasteiger partial charge in [0.15, 0.2) is 17.5 Å². The number of nitrogens with one attached hydrogen (secondary N) is 3.